The fourth-order valence-electron chi connectivity index (χ4n) is 9.54. The lowest BCUT2D eigenvalue weighted by Crippen LogP contribution is -2.58. The van der Waals surface area contributed by atoms with Crippen LogP contribution in [-0.4, -0.2) is 126 Å². The van der Waals surface area contributed by atoms with Gasteiger partial charge in [-0.05, 0) is 92.3 Å². The van der Waals surface area contributed by atoms with Gasteiger partial charge in [-0.15, -0.1) is 0 Å². The fourth-order valence-corrected chi connectivity index (χ4v) is 9.76. The lowest BCUT2D eigenvalue weighted by Gasteiger charge is -2.27. The molecule has 26 heteroatoms. The minimum Gasteiger partial charge on any atom is -0.370 e. The number of carbonyl (C=O) groups is 10. The lowest BCUT2D eigenvalue weighted by molar-refractivity contribution is -0.135. The maximum Gasteiger partial charge on any atom is 0.248 e. The summed E-state index contributed by atoms with van der Waals surface area (Å²) in [6.45, 7) is 1.33. The van der Waals surface area contributed by atoms with Crippen molar-refractivity contribution in [3.8, 4) is 0 Å². The van der Waals surface area contributed by atoms with Gasteiger partial charge in [0.1, 0.15) is 30.0 Å². The molecule has 440 valence electrons. The van der Waals surface area contributed by atoms with Gasteiger partial charge in [0.2, 0.25) is 47.3 Å². The topological polar surface area (TPSA) is 440 Å². The number of Topliss-reactive ketones (excluding diaryl/α,β-unsaturated/α-hetero) is 2. The molecule has 1 aromatic heterocycles. The van der Waals surface area contributed by atoms with Gasteiger partial charge < -0.3 is 71.3 Å². The van der Waals surface area contributed by atoms with Crippen LogP contribution < -0.4 is 66.3 Å². The predicted molar refractivity (Wildman–Crippen MR) is 308 cm³/mol. The number of para-hydroxylation sites is 1. The van der Waals surface area contributed by atoms with E-state index in [4.69, 9.17) is 46.0 Å². The van der Waals surface area contributed by atoms with E-state index in [-0.39, 0.29) is 113 Å². The Morgan fingerprint density at radius 1 is 0.707 bits per heavy atom. The third kappa shape index (κ3) is 20.7. The maximum atomic E-state index is 15.1. The summed E-state index contributed by atoms with van der Waals surface area (Å²) >= 11 is 6.67. The van der Waals surface area contributed by atoms with E-state index in [0.717, 1.165) is 10.9 Å². The number of benzene rings is 3. The molecule has 1 aliphatic heterocycles. The molecule has 1 saturated heterocycles. The van der Waals surface area contributed by atoms with E-state index in [1.807, 2.05) is 24.3 Å². The number of nitrogens with two attached hydrogens (primary N) is 6. The highest BCUT2D eigenvalue weighted by Crippen LogP contribution is 2.27. The van der Waals surface area contributed by atoms with E-state index in [1.165, 1.54) is 25.1 Å². The molecule has 82 heavy (non-hydrogen) atoms. The number of aromatic amines is 1. The van der Waals surface area contributed by atoms with Crippen molar-refractivity contribution in [3.63, 3.8) is 0 Å². The number of hydrogen-bond donors (Lipinski definition) is 13. The number of hydrogen-bond acceptors (Lipinski definition) is 12. The summed E-state index contributed by atoms with van der Waals surface area (Å²) in [5, 5.41) is 17.1. The van der Waals surface area contributed by atoms with Crippen molar-refractivity contribution in [2.45, 2.75) is 121 Å². The first-order valence-corrected chi connectivity index (χ1v) is 27.3. The van der Waals surface area contributed by atoms with Crippen LogP contribution in [-0.2, 0) is 62.4 Å². The Morgan fingerprint density at radius 3 is 2.09 bits per heavy atom. The van der Waals surface area contributed by atoms with Crippen LogP contribution in [0.2, 0.25) is 5.02 Å². The molecule has 0 unspecified atom stereocenters. The quantitative estimate of drug-likeness (QED) is 0.0329. The van der Waals surface area contributed by atoms with Gasteiger partial charge in [-0.2, -0.15) is 0 Å². The average Bonchev–Trinajstić information content (AvgIpc) is 3.83. The molecule has 0 saturated carbocycles. The zero-order chi connectivity index (χ0) is 59.9. The van der Waals surface area contributed by atoms with Gasteiger partial charge in [0.15, 0.2) is 17.7 Å². The molecule has 0 bridgehead atoms. The Kier molecular flexibility index (Phi) is 24.8. The number of aromatic nitrogens is 1. The Hall–Kier alpha value is -8.87. The molecular formula is C56H74ClN15O10. The van der Waals surface area contributed by atoms with Crippen molar-refractivity contribution in [2.24, 2.45) is 56.2 Å². The summed E-state index contributed by atoms with van der Waals surface area (Å²) < 4.78 is 0. The number of rotatable bonds is 19. The highest BCUT2D eigenvalue weighted by atomic mass is 35.5. The van der Waals surface area contributed by atoms with E-state index < -0.39 is 114 Å². The number of ketones is 2. The number of H-pyrrole nitrogens is 1. The van der Waals surface area contributed by atoms with Gasteiger partial charge in [-0.25, -0.2) is 0 Å². The van der Waals surface area contributed by atoms with Crippen LogP contribution in [0.1, 0.15) is 98.2 Å². The molecule has 3 aromatic carbocycles. The van der Waals surface area contributed by atoms with Crippen molar-refractivity contribution in [3.05, 3.63) is 106 Å². The molecule has 19 N–H and O–H groups in total. The second kappa shape index (κ2) is 31.8. The average molecular weight is 1150 g/mol. The van der Waals surface area contributed by atoms with Crippen molar-refractivity contribution in [2.75, 3.05) is 19.6 Å². The van der Waals surface area contributed by atoms with Gasteiger partial charge in [-0.1, -0.05) is 60.1 Å². The number of fused-ring (bicyclic) bond motifs is 1. The molecule has 1 fully saturated rings. The molecule has 4 aromatic rings. The Bertz CT molecular complexity index is 3010. The van der Waals surface area contributed by atoms with Crippen molar-refractivity contribution < 1.29 is 47.9 Å². The molecule has 25 nitrogen and oxygen atoms in total. The van der Waals surface area contributed by atoms with Gasteiger partial charge in [0.05, 0.1) is 6.04 Å². The van der Waals surface area contributed by atoms with Gasteiger partial charge in [-0.3, -0.25) is 57.9 Å². The highest BCUT2D eigenvalue weighted by Gasteiger charge is 2.36. The van der Waals surface area contributed by atoms with Crippen molar-refractivity contribution >= 4 is 93.2 Å². The van der Waals surface area contributed by atoms with Crippen LogP contribution in [0.25, 0.3) is 10.9 Å². The Labute approximate surface area is 479 Å². The minimum absolute atomic E-state index is 0.0132. The smallest absolute Gasteiger partial charge is 0.248 e. The monoisotopic (exact) mass is 1150 g/mol. The maximum absolute atomic E-state index is 15.1. The van der Waals surface area contributed by atoms with Crippen LogP contribution in [0.5, 0.6) is 0 Å². The molecule has 0 spiro atoms. The number of nitrogens with zero attached hydrogens (tertiary/aromatic N) is 2. The van der Waals surface area contributed by atoms with Crippen LogP contribution in [0.15, 0.2) is 89.0 Å². The van der Waals surface area contributed by atoms with Gasteiger partial charge >= 0.3 is 0 Å². The number of halogens is 1. The standard InChI is InChI=1S/C56H74ClN15O10/c1-31(73)68-42(18-9-23-66-56(62)63)52(80)70-43-19-20-48(76)64-21-8-17-41(50(59)78)69-51(79)36(26-37-30-67-40-16-5-3-14-38(37)40)29-46(74)34(13-7-22-65-55(60)61)28-47(75)44(27-33-11-2-4-15-39(33)57)71-54(82)45(72-53(43)81)25-32-10-6-12-35(24-32)49(58)77/h2-6,10-12,14-16,24,30,34,36,41-45,67H,7-9,13,17-23,25-29H2,1H3,(H2,58,77)(H2,59,78)(H,64,76)(H,68,73)(H,69,79)(H,70,80)(H,71,82)(H,72,81)(H4,60,61,65)(H4,62,63,66)/t34-,36-,41+,42+,43+,44-,45+/m1/s1. The fraction of sp³-hybridized carbons (Fsp3) is 0.429. The number of guanidine groups is 2. The third-order valence-electron chi connectivity index (χ3n) is 13.8. The van der Waals surface area contributed by atoms with Crippen molar-refractivity contribution in [1.29, 1.82) is 0 Å². The number of amides is 8. The molecule has 0 radical (unpaired) electrons. The second-order valence-corrected chi connectivity index (χ2v) is 20.6. The lowest BCUT2D eigenvalue weighted by atomic mass is 9.83. The molecule has 8 amide bonds. The van der Waals surface area contributed by atoms with E-state index >= 15 is 9.59 Å². The largest absolute Gasteiger partial charge is 0.370 e. The summed E-state index contributed by atoms with van der Waals surface area (Å²) in [6, 6.07) is 12.9. The van der Waals surface area contributed by atoms with Gasteiger partial charge in [0, 0.05) is 98.2 Å². The van der Waals surface area contributed by atoms with Crippen LogP contribution in [0.4, 0.5) is 0 Å². The van der Waals surface area contributed by atoms with Crippen LogP contribution in [0, 0.1) is 11.8 Å². The number of nitrogens with one attached hydrogen (secondary N) is 7. The molecular weight excluding hydrogens is 1080 g/mol. The zero-order valence-electron chi connectivity index (χ0n) is 45.7. The van der Waals surface area contributed by atoms with E-state index in [0.29, 0.717) is 16.7 Å². The highest BCUT2D eigenvalue weighted by molar-refractivity contribution is 6.31. The number of primary amides is 2. The van der Waals surface area contributed by atoms with Crippen LogP contribution in [0.3, 0.4) is 0 Å². The summed E-state index contributed by atoms with van der Waals surface area (Å²) in [4.78, 5) is 150. The van der Waals surface area contributed by atoms with Crippen molar-refractivity contribution in [1.82, 2.24) is 36.9 Å². The summed E-state index contributed by atoms with van der Waals surface area (Å²) in [5.74, 6) is -9.96. The number of aliphatic imine (C=N–C) groups is 2. The molecule has 0 aliphatic carbocycles. The minimum atomic E-state index is -1.57. The van der Waals surface area contributed by atoms with Gasteiger partial charge in [0.25, 0.3) is 0 Å². The van der Waals surface area contributed by atoms with E-state index in [2.05, 4.69) is 46.9 Å². The van der Waals surface area contributed by atoms with E-state index in [9.17, 15) is 38.4 Å². The normalized spacial score (nSPS) is 20.4. The SMILES string of the molecule is CC(=O)N[C@@H](CCCN=C(N)N)C(=O)N[C@H]1CCC(=O)NCCC[C@@H](C(N)=O)NC(=O)[C@H](Cc2c[nH]c3ccccc23)CC(=O)[C@H](CCCN=C(N)N)CC(=O)[C@@H](Cc2ccccc2Cl)NC(=O)[C@H](Cc2cccc(C(N)=O)c2)NC1=O. The third-order valence-corrected chi connectivity index (χ3v) is 14.2. The zero-order valence-corrected chi connectivity index (χ0v) is 46.4. The molecule has 1 aliphatic rings. The summed E-state index contributed by atoms with van der Waals surface area (Å²) in [6.07, 6.45) is 0.160. The van der Waals surface area contributed by atoms with E-state index in [1.54, 1.807) is 36.5 Å². The first kappa shape index (κ1) is 64.0. The first-order valence-electron chi connectivity index (χ1n) is 27.0. The predicted octanol–water partition coefficient (Wildman–Crippen LogP) is -0.175. The summed E-state index contributed by atoms with van der Waals surface area (Å²) in [7, 11) is 0. The Morgan fingerprint density at radius 2 is 1.39 bits per heavy atom. The molecule has 7 atom stereocenters. The first-order chi connectivity index (χ1) is 39.1. The molecule has 2 heterocycles. The van der Waals surface area contributed by atoms with Crippen LogP contribution >= 0.6 is 11.6 Å². The second-order valence-electron chi connectivity index (χ2n) is 20.2. The molecule has 5 rings (SSSR count). The Balaban J connectivity index is 1.61. The summed E-state index contributed by atoms with van der Waals surface area (Å²) in [5.41, 5.74) is 36.0. The number of carbonyl (C=O) groups excluding carboxylic acids is 10.